The number of hydrogen-bond acceptors (Lipinski definition) is 4. The molecule has 1 heterocycles. The first-order valence-electron chi connectivity index (χ1n) is 7.03. The number of hydrogen-bond donors (Lipinski definition) is 2. The average Bonchev–Trinajstić information content (AvgIpc) is 2.55. The number of carboxylic acid groups (broad SMARTS) is 1. The first kappa shape index (κ1) is 13.8. The van der Waals surface area contributed by atoms with E-state index in [-0.39, 0.29) is 12.6 Å². The number of aliphatic hydroxyl groups excluding tert-OH is 1. The molecule has 1 saturated carbocycles. The molecule has 0 aromatic carbocycles. The Balaban J connectivity index is 1.86. The van der Waals surface area contributed by atoms with E-state index in [1.54, 1.807) is 0 Å². The maximum atomic E-state index is 10.7. The molecule has 0 aromatic heterocycles. The summed E-state index contributed by atoms with van der Waals surface area (Å²) >= 11 is 0. The van der Waals surface area contributed by atoms with E-state index in [0.717, 1.165) is 51.9 Å². The zero-order valence-corrected chi connectivity index (χ0v) is 10.9. The lowest BCUT2D eigenvalue weighted by molar-refractivity contribution is -0.138. The summed E-state index contributed by atoms with van der Waals surface area (Å²) in [5, 5.41) is 18.9. The van der Waals surface area contributed by atoms with Crippen molar-refractivity contribution in [1.82, 2.24) is 9.80 Å². The molecule has 2 rings (SSSR count). The molecule has 2 fully saturated rings. The van der Waals surface area contributed by atoms with Crippen molar-refractivity contribution in [3.05, 3.63) is 0 Å². The van der Waals surface area contributed by atoms with Crippen LogP contribution in [0.1, 0.15) is 32.1 Å². The molecule has 18 heavy (non-hydrogen) atoms. The summed E-state index contributed by atoms with van der Waals surface area (Å²) in [5.41, 5.74) is 0. The Morgan fingerprint density at radius 2 is 1.83 bits per heavy atom. The predicted octanol–water partition coefficient (Wildman–Crippen LogP) is 0.382. The van der Waals surface area contributed by atoms with Crippen LogP contribution >= 0.6 is 0 Å². The number of aliphatic carboxylic acids is 1. The molecular formula is C13H24N2O3. The van der Waals surface area contributed by atoms with Gasteiger partial charge in [-0.2, -0.15) is 0 Å². The zero-order chi connectivity index (χ0) is 13.0. The Kier molecular flexibility index (Phi) is 4.97. The Morgan fingerprint density at radius 1 is 1.06 bits per heavy atom. The molecule has 1 aliphatic heterocycles. The topological polar surface area (TPSA) is 64.0 Å². The third-order valence-electron chi connectivity index (χ3n) is 4.14. The van der Waals surface area contributed by atoms with E-state index in [4.69, 9.17) is 5.11 Å². The van der Waals surface area contributed by atoms with Crippen molar-refractivity contribution in [2.45, 2.75) is 44.2 Å². The van der Waals surface area contributed by atoms with Crippen LogP contribution in [0.3, 0.4) is 0 Å². The van der Waals surface area contributed by atoms with Gasteiger partial charge in [-0.3, -0.25) is 14.6 Å². The summed E-state index contributed by atoms with van der Waals surface area (Å²) in [5.74, 6) is -0.749. The second-order valence-electron chi connectivity index (χ2n) is 5.48. The van der Waals surface area contributed by atoms with Crippen LogP contribution in [0.2, 0.25) is 0 Å². The third kappa shape index (κ3) is 3.67. The summed E-state index contributed by atoms with van der Waals surface area (Å²) in [7, 11) is 0. The van der Waals surface area contributed by atoms with Crippen LogP contribution in [0, 0.1) is 0 Å². The lowest BCUT2D eigenvalue weighted by Crippen LogP contribution is -2.47. The summed E-state index contributed by atoms with van der Waals surface area (Å²) in [4.78, 5) is 15.1. The number of rotatable bonds is 3. The SMILES string of the molecule is O=C(O)CN1CCCN(C2CCCCC2O)CC1. The maximum absolute atomic E-state index is 10.7. The summed E-state index contributed by atoms with van der Waals surface area (Å²) in [6, 6.07) is 0.295. The van der Waals surface area contributed by atoms with Crippen LogP contribution < -0.4 is 0 Å². The largest absolute Gasteiger partial charge is 0.480 e. The van der Waals surface area contributed by atoms with Gasteiger partial charge in [-0.15, -0.1) is 0 Å². The van der Waals surface area contributed by atoms with Crippen molar-refractivity contribution in [3.63, 3.8) is 0 Å². The fourth-order valence-electron chi connectivity index (χ4n) is 3.19. The first-order chi connectivity index (χ1) is 8.66. The Bertz CT molecular complexity index is 285. The van der Waals surface area contributed by atoms with Gasteiger partial charge in [0.05, 0.1) is 12.6 Å². The van der Waals surface area contributed by atoms with Crippen LogP contribution in [0.25, 0.3) is 0 Å². The van der Waals surface area contributed by atoms with Gasteiger partial charge < -0.3 is 10.2 Å². The lowest BCUT2D eigenvalue weighted by Gasteiger charge is -2.37. The van der Waals surface area contributed by atoms with Crippen molar-refractivity contribution >= 4 is 5.97 Å². The van der Waals surface area contributed by atoms with Crippen LogP contribution in [-0.2, 0) is 4.79 Å². The summed E-state index contributed by atoms with van der Waals surface area (Å²) in [6.45, 7) is 3.66. The molecule has 0 aromatic rings. The quantitative estimate of drug-likeness (QED) is 0.764. The van der Waals surface area contributed by atoms with E-state index in [1.807, 2.05) is 4.90 Å². The number of carbonyl (C=O) groups is 1. The van der Waals surface area contributed by atoms with Crippen LogP contribution in [0.15, 0.2) is 0 Å². The van der Waals surface area contributed by atoms with Gasteiger partial charge >= 0.3 is 5.97 Å². The molecule has 0 bridgehead atoms. The lowest BCUT2D eigenvalue weighted by atomic mass is 9.91. The van der Waals surface area contributed by atoms with Gasteiger partial charge in [-0.1, -0.05) is 12.8 Å². The van der Waals surface area contributed by atoms with E-state index in [9.17, 15) is 9.90 Å². The average molecular weight is 256 g/mol. The second kappa shape index (κ2) is 6.50. The van der Waals surface area contributed by atoms with E-state index >= 15 is 0 Å². The highest BCUT2D eigenvalue weighted by atomic mass is 16.4. The van der Waals surface area contributed by atoms with E-state index < -0.39 is 5.97 Å². The predicted molar refractivity (Wildman–Crippen MR) is 68.5 cm³/mol. The highest BCUT2D eigenvalue weighted by Gasteiger charge is 2.29. The maximum Gasteiger partial charge on any atom is 0.317 e. The molecule has 0 spiro atoms. The Hall–Kier alpha value is -0.650. The standard InChI is InChI=1S/C13H24N2O3/c16-12-5-2-1-4-11(12)15-7-3-6-14(8-9-15)10-13(17)18/h11-12,16H,1-10H2,(H,17,18). The van der Waals surface area contributed by atoms with Gasteiger partial charge in [0.2, 0.25) is 0 Å². The fraction of sp³-hybridized carbons (Fsp3) is 0.923. The monoisotopic (exact) mass is 256 g/mol. The number of carboxylic acids is 1. The summed E-state index contributed by atoms with van der Waals surface area (Å²) in [6.07, 6.45) is 5.15. The third-order valence-corrected chi connectivity index (χ3v) is 4.14. The van der Waals surface area contributed by atoms with Gasteiger partial charge in [-0.05, 0) is 25.8 Å². The number of nitrogens with zero attached hydrogens (tertiary/aromatic N) is 2. The minimum absolute atomic E-state index is 0.140. The summed E-state index contributed by atoms with van der Waals surface area (Å²) < 4.78 is 0. The highest BCUT2D eigenvalue weighted by molar-refractivity contribution is 5.69. The molecule has 2 N–H and O–H groups in total. The van der Waals surface area contributed by atoms with E-state index in [0.29, 0.717) is 6.04 Å². The van der Waals surface area contributed by atoms with E-state index in [1.165, 1.54) is 6.42 Å². The molecule has 2 aliphatic rings. The highest BCUT2D eigenvalue weighted by Crippen LogP contribution is 2.24. The van der Waals surface area contributed by atoms with Crippen molar-refractivity contribution in [2.24, 2.45) is 0 Å². The van der Waals surface area contributed by atoms with E-state index in [2.05, 4.69) is 4.90 Å². The van der Waals surface area contributed by atoms with Crippen molar-refractivity contribution in [2.75, 3.05) is 32.7 Å². The molecule has 0 radical (unpaired) electrons. The van der Waals surface area contributed by atoms with Crippen LogP contribution in [0.4, 0.5) is 0 Å². The molecule has 104 valence electrons. The zero-order valence-electron chi connectivity index (χ0n) is 10.9. The normalized spacial score (nSPS) is 32.1. The van der Waals surface area contributed by atoms with Gasteiger partial charge in [0.25, 0.3) is 0 Å². The van der Waals surface area contributed by atoms with Crippen LogP contribution in [-0.4, -0.2) is 70.9 Å². The minimum Gasteiger partial charge on any atom is -0.480 e. The molecular weight excluding hydrogens is 232 g/mol. The van der Waals surface area contributed by atoms with Gasteiger partial charge in [0.1, 0.15) is 0 Å². The molecule has 5 heteroatoms. The van der Waals surface area contributed by atoms with Crippen LogP contribution in [0.5, 0.6) is 0 Å². The van der Waals surface area contributed by atoms with Crippen molar-refractivity contribution in [3.8, 4) is 0 Å². The molecule has 5 nitrogen and oxygen atoms in total. The van der Waals surface area contributed by atoms with Crippen molar-refractivity contribution in [1.29, 1.82) is 0 Å². The molecule has 2 unspecified atom stereocenters. The smallest absolute Gasteiger partial charge is 0.317 e. The second-order valence-corrected chi connectivity index (χ2v) is 5.48. The Labute approximate surface area is 108 Å². The number of aliphatic hydroxyl groups is 1. The Morgan fingerprint density at radius 3 is 2.56 bits per heavy atom. The van der Waals surface area contributed by atoms with Gasteiger partial charge in [0, 0.05) is 25.7 Å². The van der Waals surface area contributed by atoms with Gasteiger partial charge in [0.15, 0.2) is 0 Å². The minimum atomic E-state index is -0.749. The fourth-order valence-corrected chi connectivity index (χ4v) is 3.19. The molecule has 1 aliphatic carbocycles. The molecule has 2 atom stereocenters. The first-order valence-corrected chi connectivity index (χ1v) is 7.03. The van der Waals surface area contributed by atoms with Crippen molar-refractivity contribution < 1.29 is 15.0 Å². The molecule has 1 saturated heterocycles. The molecule has 0 amide bonds. The van der Waals surface area contributed by atoms with Gasteiger partial charge in [-0.25, -0.2) is 0 Å².